The Morgan fingerprint density at radius 1 is 1.19 bits per heavy atom. The van der Waals surface area contributed by atoms with Crippen molar-refractivity contribution in [3.8, 4) is 0 Å². The Labute approximate surface area is 132 Å². The normalized spacial score (nSPS) is 14.2. The third-order valence-electron chi connectivity index (χ3n) is 2.61. The van der Waals surface area contributed by atoms with Gasteiger partial charge in [0.1, 0.15) is 5.78 Å². The zero-order valence-electron chi connectivity index (χ0n) is 13.5. The molecule has 0 aliphatic heterocycles. The van der Waals surface area contributed by atoms with Crippen molar-refractivity contribution in [1.29, 1.82) is 0 Å². The van der Waals surface area contributed by atoms with Gasteiger partial charge in [-0.15, -0.1) is 11.8 Å². The Morgan fingerprint density at radius 3 is 2.19 bits per heavy atom. The van der Waals surface area contributed by atoms with E-state index in [-0.39, 0.29) is 4.75 Å². The highest BCUT2D eigenvalue weighted by atomic mass is 32.2. The SMILES string of the molecule is CCOP(=O)(OCC)[C@@H](N)c1ccccc1SC(C)(C)C. The second kappa shape index (κ2) is 7.80. The Balaban J connectivity index is 3.16. The standard InChI is InChI=1S/C15H26NO3PS/c1-6-18-20(17,19-7-2)14(16)12-10-8-9-11-13(12)21-15(3,4)5/h8-11,14H,6-7,16H2,1-5H3/t14-/m1/s1. The molecule has 1 aromatic rings. The molecule has 0 unspecified atom stereocenters. The predicted octanol–water partition coefficient (Wildman–Crippen LogP) is 4.80. The minimum Gasteiger partial charge on any atom is -0.314 e. The quantitative estimate of drug-likeness (QED) is 0.574. The van der Waals surface area contributed by atoms with Gasteiger partial charge in [0.2, 0.25) is 0 Å². The molecule has 0 amide bonds. The van der Waals surface area contributed by atoms with E-state index in [1.807, 2.05) is 24.3 Å². The lowest BCUT2D eigenvalue weighted by molar-refractivity contribution is 0.212. The van der Waals surface area contributed by atoms with Crippen LogP contribution in [-0.2, 0) is 13.6 Å². The molecule has 0 saturated heterocycles. The Hall–Kier alpha value is -0.320. The first-order chi connectivity index (χ1) is 9.73. The molecule has 120 valence electrons. The van der Waals surface area contributed by atoms with Gasteiger partial charge in [-0.2, -0.15) is 0 Å². The molecule has 1 aromatic carbocycles. The Kier molecular flexibility index (Phi) is 6.95. The van der Waals surface area contributed by atoms with Crippen LogP contribution in [0, 0.1) is 0 Å². The van der Waals surface area contributed by atoms with Crippen LogP contribution in [0.15, 0.2) is 29.2 Å². The molecule has 0 heterocycles. The summed E-state index contributed by atoms with van der Waals surface area (Å²) >= 11 is 1.70. The summed E-state index contributed by atoms with van der Waals surface area (Å²) in [4.78, 5) is 1.01. The molecule has 21 heavy (non-hydrogen) atoms. The maximum absolute atomic E-state index is 12.9. The van der Waals surface area contributed by atoms with Crippen molar-refractivity contribution in [3.05, 3.63) is 29.8 Å². The summed E-state index contributed by atoms with van der Waals surface area (Å²) in [7, 11) is -3.36. The molecule has 0 aliphatic rings. The molecule has 1 atom stereocenters. The van der Waals surface area contributed by atoms with Crippen LogP contribution in [-0.4, -0.2) is 18.0 Å². The van der Waals surface area contributed by atoms with Crippen LogP contribution in [0.25, 0.3) is 0 Å². The van der Waals surface area contributed by atoms with Gasteiger partial charge >= 0.3 is 7.60 Å². The van der Waals surface area contributed by atoms with Crippen molar-refractivity contribution in [2.75, 3.05) is 13.2 Å². The number of hydrogen-bond acceptors (Lipinski definition) is 5. The summed E-state index contributed by atoms with van der Waals surface area (Å²) < 4.78 is 23.6. The summed E-state index contributed by atoms with van der Waals surface area (Å²) in [6.07, 6.45) is 0. The van der Waals surface area contributed by atoms with Crippen LogP contribution >= 0.6 is 19.4 Å². The van der Waals surface area contributed by atoms with Crippen LogP contribution in [0.2, 0.25) is 0 Å². The lowest BCUT2D eigenvalue weighted by Crippen LogP contribution is -2.17. The molecule has 2 N–H and O–H groups in total. The fourth-order valence-electron chi connectivity index (χ4n) is 1.88. The monoisotopic (exact) mass is 331 g/mol. The molecule has 1 rings (SSSR count). The predicted molar refractivity (Wildman–Crippen MR) is 89.8 cm³/mol. The summed E-state index contributed by atoms with van der Waals surface area (Å²) in [5.41, 5.74) is 7.05. The van der Waals surface area contributed by atoms with E-state index in [9.17, 15) is 4.57 Å². The fraction of sp³-hybridized carbons (Fsp3) is 0.600. The van der Waals surface area contributed by atoms with Crippen molar-refractivity contribution in [3.63, 3.8) is 0 Å². The van der Waals surface area contributed by atoms with Gasteiger partial charge < -0.3 is 14.8 Å². The Bertz CT molecular complexity index is 492. The van der Waals surface area contributed by atoms with Crippen molar-refractivity contribution >= 4 is 19.4 Å². The van der Waals surface area contributed by atoms with Gasteiger partial charge in [-0.25, -0.2) is 0 Å². The molecule has 4 nitrogen and oxygen atoms in total. The summed E-state index contributed by atoms with van der Waals surface area (Å²) in [6.45, 7) is 10.6. The lowest BCUT2D eigenvalue weighted by Gasteiger charge is -2.26. The smallest absolute Gasteiger partial charge is 0.314 e. The molecule has 0 bridgehead atoms. The first-order valence-corrected chi connectivity index (χ1v) is 9.58. The molecule has 0 aromatic heterocycles. The molecule has 0 spiro atoms. The largest absolute Gasteiger partial charge is 0.351 e. The minimum absolute atomic E-state index is 0.0387. The first-order valence-electron chi connectivity index (χ1n) is 7.16. The Morgan fingerprint density at radius 2 is 1.71 bits per heavy atom. The topological polar surface area (TPSA) is 61.5 Å². The van der Waals surface area contributed by atoms with Gasteiger partial charge in [-0.05, 0) is 25.5 Å². The van der Waals surface area contributed by atoms with Gasteiger partial charge in [-0.3, -0.25) is 4.57 Å². The second-order valence-corrected chi connectivity index (χ2v) is 9.59. The van der Waals surface area contributed by atoms with E-state index in [1.165, 1.54) is 0 Å². The maximum Gasteiger partial charge on any atom is 0.351 e. The maximum atomic E-state index is 12.9. The van der Waals surface area contributed by atoms with Crippen molar-refractivity contribution in [2.24, 2.45) is 5.73 Å². The summed E-state index contributed by atoms with van der Waals surface area (Å²) in [5.74, 6) is -0.775. The number of hydrogen-bond donors (Lipinski definition) is 1. The van der Waals surface area contributed by atoms with Crippen molar-refractivity contribution < 1.29 is 13.6 Å². The van der Waals surface area contributed by atoms with Gasteiger partial charge in [0.25, 0.3) is 0 Å². The molecular weight excluding hydrogens is 305 g/mol. The second-order valence-electron chi connectivity index (χ2n) is 5.57. The third kappa shape index (κ3) is 5.42. The van der Waals surface area contributed by atoms with Gasteiger partial charge in [-0.1, -0.05) is 39.0 Å². The zero-order chi connectivity index (χ0) is 16.1. The molecular formula is C15H26NO3PS. The van der Waals surface area contributed by atoms with Crippen LogP contribution in [0.1, 0.15) is 46.0 Å². The number of nitrogens with two attached hydrogens (primary N) is 1. The van der Waals surface area contributed by atoms with E-state index in [4.69, 9.17) is 14.8 Å². The van der Waals surface area contributed by atoms with E-state index in [0.717, 1.165) is 10.5 Å². The van der Waals surface area contributed by atoms with Gasteiger partial charge in [0.05, 0.1) is 13.2 Å². The summed E-state index contributed by atoms with van der Waals surface area (Å²) in [5, 5.41) is 0. The van der Waals surface area contributed by atoms with Crippen molar-refractivity contribution in [1.82, 2.24) is 0 Å². The molecule has 0 aliphatic carbocycles. The van der Waals surface area contributed by atoms with Crippen LogP contribution in [0.4, 0.5) is 0 Å². The van der Waals surface area contributed by atoms with E-state index >= 15 is 0 Å². The lowest BCUT2D eigenvalue weighted by atomic mass is 10.2. The van der Waals surface area contributed by atoms with E-state index in [0.29, 0.717) is 13.2 Å². The van der Waals surface area contributed by atoms with E-state index < -0.39 is 13.4 Å². The van der Waals surface area contributed by atoms with Crippen LogP contribution in [0.3, 0.4) is 0 Å². The molecule has 0 saturated carbocycles. The molecule has 0 fully saturated rings. The zero-order valence-corrected chi connectivity index (χ0v) is 15.2. The van der Waals surface area contributed by atoms with Crippen LogP contribution < -0.4 is 5.73 Å². The average molecular weight is 331 g/mol. The highest BCUT2D eigenvalue weighted by Crippen LogP contribution is 2.59. The van der Waals surface area contributed by atoms with Gasteiger partial charge in [0, 0.05) is 9.64 Å². The minimum atomic E-state index is -3.36. The highest BCUT2D eigenvalue weighted by molar-refractivity contribution is 8.00. The summed E-state index contributed by atoms with van der Waals surface area (Å²) in [6, 6.07) is 7.73. The third-order valence-corrected chi connectivity index (χ3v) is 6.01. The number of rotatable bonds is 7. The highest BCUT2D eigenvalue weighted by Gasteiger charge is 2.35. The van der Waals surface area contributed by atoms with Crippen LogP contribution in [0.5, 0.6) is 0 Å². The first kappa shape index (κ1) is 18.7. The molecule has 0 radical (unpaired) electrons. The average Bonchev–Trinajstić information content (AvgIpc) is 2.37. The van der Waals surface area contributed by atoms with Gasteiger partial charge in [0.15, 0.2) is 0 Å². The number of benzene rings is 1. The van der Waals surface area contributed by atoms with Crippen molar-refractivity contribution in [2.45, 2.75) is 50.0 Å². The fourth-order valence-corrected chi connectivity index (χ4v) is 4.76. The number of thioether (sulfide) groups is 1. The molecule has 6 heteroatoms. The van der Waals surface area contributed by atoms with E-state index in [2.05, 4.69) is 20.8 Å². The van der Waals surface area contributed by atoms with E-state index in [1.54, 1.807) is 25.6 Å².